The fraction of sp³-hybridized carbons (Fsp3) is 0.417. The molecule has 0 saturated heterocycles. The zero-order chi connectivity index (χ0) is 13.0. The third-order valence-electron chi connectivity index (χ3n) is 2.41. The largest absolute Gasteiger partial charge is 0.493 e. The lowest BCUT2D eigenvalue weighted by Gasteiger charge is -2.21. The third-order valence-corrected chi connectivity index (χ3v) is 2.71. The smallest absolute Gasteiger partial charge is 0.326 e. The Morgan fingerprint density at radius 1 is 1.47 bits per heavy atom. The van der Waals surface area contributed by atoms with Gasteiger partial charge >= 0.3 is 5.97 Å². The number of carboxylic acids is 1. The first-order valence-electron chi connectivity index (χ1n) is 5.29. The molecule has 0 fully saturated rings. The van der Waals surface area contributed by atoms with Crippen molar-refractivity contribution in [2.45, 2.75) is 19.9 Å². The highest BCUT2D eigenvalue weighted by Gasteiger charge is 2.22. The van der Waals surface area contributed by atoms with Gasteiger partial charge in [0.2, 0.25) is 0 Å². The number of hydrogen-bond donors (Lipinski definition) is 2. The Morgan fingerprint density at radius 3 is 2.59 bits per heavy atom. The lowest BCUT2D eigenvalue weighted by molar-refractivity contribution is -0.138. The molecular formula is C12H16ClNO3. The van der Waals surface area contributed by atoms with Gasteiger partial charge in [-0.3, -0.25) is 0 Å². The summed E-state index contributed by atoms with van der Waals surface area (Å²) in [5.74, 6) is -0.487. The van der Waals surface area contributed by atoms with E-state index in [-0.39, 0.29) is 5.92 Å². The molecule has 0 heterocycles. The molecule has 0 aliphatic rings. The van der Waals surface area contributed by atoms with Gasteiger partial charge in [0.1, 0.15) is 6.04 Å². The van der Waals surface area contributed by atoms with Crippen LogP contribution in [0.25, 0.3) is 0 Å². The van der Waals surface area contributed by atoms with E-state index in [0.717, 1.165) is 0 Å². The predicted octanol–water partition coefficient (Wildman–Crippen LogP) is 2.87. The van der Waals surface area contributed by atoms with Crippen molar-refractivity contribution in [3.05, 3.63) is 23.2 Å². The van der Waals surface area contributed by atoms with E-state index >= 15 is 0 Å². The van der Waals surface area contributed by atoms with E-state index in [1.54, 1.807) is 18.2 Å². The summed E-state index contributed by atoms with van der Waals surface area (Å²) in [6.45, 7) is 3.67. The average Bonchev–Trinajstić information content (AvgIpc) is 2.25. The number of rotatable bonds is 5. The summed E-state index contributed by atoms with van der Waals surface area (Å²) in [6, 6.07) is 4.49. The summed E-state index contributed by atoms with van der Waals surface area (Å²) in [7, 11) is 1.50. The molecule has 0 saturated carbocycles. The second-order valence-electron chi connectivity index (χ2n) is 4.02. The molecule has 0 aliphatic heterocycles. The number of benzene rings is 1. The summed E-state index contributed by atoms with van der Waals surface area (Å²) >= 11 is 5.96. The van der Waals surface area contributed by atoms with Crippen LogP contribution in [0.2, 0.25) is 5.02 Å². The first kappa shape index (κ1) is 13.6. The Kier molecular flexibility index (Phi) is 4.63. The molecule has 5 heteroatoms. The topological polar surface area (TPSA) is 58.6 Å². The quantitative estimate of drug-likeness (QED) is 0.852. The maximum atomic E-state index is 11.1. The summed E-state index contributed by atoms with van der Waals surface area (Å²) in [4.78, 5) is 11.1. The van der Waals surface area contributed by atoms with E-state index < -0.39 is 12.0 Å². The van der Waals surface area contributed by atoms with E-state index in [1.807, 2.05) is 13.8 Å². The van der Waals surface area contributed by atoms with Crippen LogP contribution < -0.4 is 10.1 Å². The van der Waals surface area contributed by atoms with Gasteiger partial charge in [0.15, 0.2) is 5.75 Å². The molecule has 17 heavy (non-hydrogen) atoms. The predicted molar refractivity (Wildman–Crippen MR) is 67.9 cm³/mol. The molecule has 4 nitrogen and oxygen atoms in total. The Bertz CT molecular complexity index is 407. The van der Waals surface area contributed by atoms with Crippen molar-refractivity contribution in [1.29, 1.82) is 0 Å². The maximum Gasteiger partial charge on any atom is 0.326 e. The fourth-order valence-corrected chi connectivity index (χ4v) is 1.76. The summed E-state index contributed by atoms with van der Waals surface area (Å²) < 4.78 is 5.15. The summed E-state index contributed by atoms with van der Waals surface area (Å²) in [6.07, 6.45) is 0. The number of anilines is 1. The number of methoxy groups -OCH3 is 1. The van der Waals surface area contributed by atoms with Crippen molar-refractivity contribution >= 4 is 23.3 Å². The van der Waals surface area contributed by atoms with Crippen molar-refractivity contribution < 1.29 is 14.6 Å². The van der Waals surface area contributed by atoms with Gasteiger partial charge in [0.25, 0.3) is 0 Å². The number of hydrogen-bond acceptors (Lipinski definition) is 3. The van der Waals surface area contributed by atoms with Crippen molar-refractivity contribution in [1.82, 2.24) is 0 Å². The van der Waals surface area contributed by atoms with E-state index in [2.05, 4.69) is 5.32 Å². The van der Waals surface area contributed by atoms with Crippen LogP contribution in [0.1, 0.15) is 13.8 Å². The molecule has 0 aliphatic carbocycles. The zero-order valence-electron chi connectivity index (χ0n) is 10.0. The van der Waals surface area contributed by atoms with Gasteiger partial charge in [-0.2, -0.15) is 0 Å². The van der Waals surface area contributed by atoms with Crippen LogP contribution >= 0.6 is 11.6 Å². The van der Waals surface area contributed by atoms with Gasteiger partial charge in [0.05, 0.1) is 17.8 Å². The Hall–Kier alpha value is -1.42. The number of para-hydroxylation sites is 1. The molecule has 0 radical (unpaired) electrons. The number of carboxylic acid groups (broad SMARTS) is 1. The van der Waals surface area contributed by atoms with Gasteiger partial charge in [-0.25, -0.2) is 4.79 Å². The molecule has 2 N–H and O–H groups in total. The molecule has 94 valence electrons. The van der Waals surface area contributed by atoms with Crippen LogP contribution in [0.4, 0.5) is 5.69 Å². The highest BCUT2D eigenvalue weighted by molar-refractivity contribution is 6.32. The minimum atomic E-state index is -0.901. The molecule has 1 rings (SSSR count). The number of ether oxygens (including phenoxy) is 1. The van der Waals surface area contributed by atoms with Crippen LogP contribution in [-0.4, -0.2) is 24.2 Å². The number of nitrogens with one attached hydrogen (secondary N) is 1. The lowest BCUT2D eigenvalue weighted by atomic mass is 10.0. The molecule has 0 amide bonds. The molecule has 0 bridgehead atoms. The summed E-state index contributed by atoms with van der Waals surface area (Å²) in [5.41, 5.74) is 0.584. The highest BCUT2D eigenvalue weighted by Crippen LogP contribution is 2.33. The second-order valence-corrected chi connectivity index (χ2v) is 4.43. The van der Waals surface area contributed by atoms with E-state index in [1.165, 1.54) is 7.11 Å². The highest BCUT2D eigenvalue weighted by atomic mass is 35.5. The first-order chi connectivity index (χ1) is 7.97. The minimum Gasteiger partial charge on any atom is -0.493 e. The molecule has 0 unspecified atom stereocenters. The zero-order valence-corrected chi connectivity index (χ0v) is 10.8. The van der Waals surface area contributed by atoms with Gasteiger partial charge in [-0.15, -0.1) is 0 Å². The first-order valence-corrected chi connectivity index (χ1v) is 5.67. The normalized spacial score (nSPS) is 12.3. The average molecular weight is 258 g/mol. The Labute approximate surface area is 106 Å². The van der Waals surface area contributed by atoms with Crippen LogP contribution in [0, 0.1) is 5.92 Å². The number of halogens is 1. The van der Waals surface area contributed by atoms with Gasteiger partial charge < -0.3 is 15.2 Å². The van der Waals surface area contributed by atoms with Crippen molar-refractivity contribution in [2.24, 2.45) is 5.92 Å². The van der Waals surface area contributed by atoms with Crippen LogP contribution in [-0.2, 0) is 4.79 Å². The Balaban J connectivity index is 3.01. The van der Waals surface area contributed by atoms with E-state index in [4.69, 9.17) is 21.4 Å². The molecule has 0 aromatic heterocycles. The van der Waals surface area contributed by atoms with E-state index in [9.17, 15) is 4.79 Å². The number of aliphatic carboxylic acids is 1. The van der Waals surface area contributed by atoms with Gasteiger partial charge in [-0.1, -0.05) is 31.5 Å². The molecule has 1 aromatic carbocycles. The van der Waals surface area contributed by atoms with Gasteiger partial charge in [0, 0.05) is 0 Å². The Morgan fingerprint density at radius 2 is 2.12 bits per heavy atom. The van der Waals surface area contributed by atoms with Crippen LogP contribution in [0.3, 0.4) is 0 Å². The third kappa shape index (κ3) is 3.27. The molecule has 0 spiro atoms. The SMILES string of the molecule is COc1c(Cl)cccc1N[C@H](C(=O)O)C(C)C. The second kappa shape index (κ2) is 5.77. The molecular weight excluding hydrogens is 242 g/mol. The minimum absolute atomic E-state index is 0.0452. The van der Waals surface area contributed by atoms with Crippen molar-refractivity contribution in [3.63, 3.8) is 0 Å². The maximum absolute atomic E-state index is 11.1. The van der Waals surface area contributed by atoms with Crippen LogP contribution in [0.5, 0.6) is 5.75 Å². The molecule has 1 atom stereocenters. The standard InChI is InChI=1S/C12H16ClNO3/c1-7(2)10(12(15)16)14-9-6-4-5-8(13)11(9)17-3/h4-7,10,14H,1-3H3,(H,15,16)/t10-/m0/s1. The van der Waals surface area contributed by atoms with E-state index in [0.29, 0.717) is 16.5 Å². The van der Waals surface area contributed by atoms with Gasteiger partial charge in [-0.05, 0) is 18.1 Å². The van der Waals surface area contributed by atoms with Crippen molar-refractivity contribution in [2.75, 3.05) is 12.4 Å². The van der Waals surface area contributed by atoms with Crippen LogP contribution in [0.15, 0.2) is 18.2 Å². The number of carbonyl (C=O) groups is 1. The monoisotopic (exact) mass is 257 g/mol. The summed E-state index contributed by atoms with van der Waals surface area (Å²) in [5, 5.41) is 12.5. The fourth-order valence-electron chi connectivity index (χ4n) is 1.51. The lowest BCUT2D eigenvalue weighted by Crippen LogP contribution is -2.34. The molecule has 1 aromatic rings. The van der Waals surface area contributed by atoms with Crippen molar-refractivity contribution in [3.8, 4) is 5.75 Å².